The van der Waals surface area contributed by atoms with Crippen molar-refractivity contribution in [3.05, 3.63) is 22.9 Å². The molecule has 0 unspecified atom stereocenters. The molecule has 1 aromatic rings. The number of nitrogens with zero attached hydrogens (tertiary/aromatic N) is 1. The van der Waals surface area contributed by atoms with Gasteiger partial charge in [-0.15, -0.1) is 0 Å². The highest BCUT2D eigenvalue weighted by Crippen LogP contribution is 2.27. The van der Waals surface area contributed by atoms with E-state index in [4.69, 9.17) is 0 Å². The Morgan fingerprint density at radius 3 is 2.73 bits per heavy atom. The molecule has 1 aliphatic carbocycles. The second-order valence-electron chi connectivity index (χ2n) is 4.24. The van der Waals surface area contributed by atoms with Crippen molar-refractivity contribution in [1.29, 1.82) is 0 Å². The number of rotatable bonds is 3. The minimum Gasteiger partial charge on any atom is -0.314 e. The fourth-order valence-electron chi connectivity index (χ4n) is 2.47. The summed E-state index contributed by atoms with van der Waals surface area (Å²) in [5, 5.41) is 3.47. The number of nitrogens with one attached hydrogen (secondary N) is 2. The lowest BCUT2D eigenvalue weighted by atomic mass is 9.91. The fraction of sp³-hybridized carbons (Fsp3) is 0.727. The molecule has 1 aromatic heterocycles. The number of aromatic nitrogens is 2. The predicted molar refractivity (Wildman–Crippen MR) is 60.0 cm³/mol. The maximum absolute atomic E-state index is 11.4. The zero-order chi connectivity index (χ0) is 10.7. The lowest BCUT2D eigenvalue weighted by molar-refractivity contribution is 0.290. The molecular formula is C11H19N3O. The highest BCUT2D eigenvalue weighted by atomic mass is 16.1. The number of imidazole rings is 1. The average Bonchev–Trinajstić information content (AvgIpc) is 2.66. The Labute approximate surface area is 89.7 Å². The molecule has 15 heavy (non-hydrogen) atoms. The first-order chi connectivity index (χ1) is 7.31. The van der Waals surface area contributed by atoms with Gasteiger partial charge in [-0.1, -0.05) is 6.92 Å². The van der Waals surface area contributed by atoms with Gasteiger partial charge in [0.05, 0.1) is 0 Å². The molecule has 0 amide bonds. The molecule has 0 radical (unpaired) electrons. The summed E-state index contributed by atoms with van der Waals surface area (Å²) >= 11 is 0. The Balaban J connectivity index is 1.94. The molecule has 0 spiro atoms. The molecule has 0 bridgehead atoms. The Kier molecular flexibility index (Phi) is 3.26. The van der Waals surface area contributed by atoms with E-state index >= 15 is 0 Å². The van der Waals surface area contributed by atoms with Crippen LogP contribution in [0.15, 0.2) is 17.2 Å². The van der Waals surface area contributed by atoms with Crippen LogP contribution in [0.3, 0.4) is 0 Å². The van der Waals surface area contributed by atoms with E-state index in [9.17, 15) is 4.79 Å². The molecule has 0 saturated heterocycles. The molecule has 1 saturated carbocycles. The van der Waals surface area contributed by atoms with E-state index < -0.39 is 0 Å². The summed E-state index contributed by atoms with van der Waals surface area (Å²) in [5.41, 5.74) is 0.0295. The van der Waals surface area contributed by atoms with Gasteiger partial charge >= 0.3 is 5.69 Å². The maximum Gasteiger partial charge on any atom is 0.325 e. The molecule has 2 rings (SSSR count). The van der Waals surface area contributed by atoms with Crippen molar-refractivity contribution in [1.82, 2.24) is 14.9 Å². The van der Waals surface area contributed by atoms with Crippen molar-refractivity contribution in [2.24, 2.45) is 0 Å². The van der Waals surface area contributed by atoms with Gasteiger partial charge in [0.25, 0.3) is 0 Å². The summed E-state index contributed by atoms with van der Waals surface area (Å²) in [7, 11) is 0. The van der Waals surface area contributed by atoms with E-state index in [1.165, 1.54) is 12.8 Å². The van der Waals surface area contributed by atoms with Crippen LogP contribution in [0.1, 0.15) is 38.6 Å². The molecule has 4 nitrogen and oxygen atoms in total. The Morgan fingerprint density at radius 2 is 2.20 bits per heavy atom. The third-order valence-electron chi connectivity index (χ3n) is 3.26. The summed E-state index contributed by atoms with van der Waals surface area (Å²) in [4.78, 5) is 14.1. The molecule has 2 N–H and O–H groups in total. The fourth-order valence-corrected chi connectivity index (χ4v) is 2.47. The second kappa shape index (κ2) is 4.66. The molecule has 1 heterocycles. The van der Waals surface area contributed by atoms with Crippen LogP contribution in [0.4, 0.5) is 0 Å². The molecule has 84 valence electrons. The normalized spacial score (nSPS) is 26.7. The summed E-state index contributed by atoms with van der Waals surface area (Å²) in [6, 6.07) is 1.06. The van der Waals surface area contributed by atoms with Crippen molar-refractivity contribution < 1.29 is 0 Å². The van der Waals surface area contributed by atoms with Gasteiger partial charge in [0.1, 0.15) is 0 Å². The summed E-state index contributed by atoms with van der Waals surface area (Å²) in [6.07, 6.45) is 8.15. The quantitative estimate of drug-likeness (QED) is 0.787. The van der Waals surface area contributed by atoms with E-state index in [0.717, 1.165) is 19.4 Å². The van der Waals surface area contributed by atoms with Crippen LogP contribution in [-0.2, 0) is 0 Å². The Bertz CT molecular complexity index is 347. The highest BCUT2D eigenvalue weighted by Gasteiger charge is 2.22. The van der Waals surface area contributed by atoms with E-state index in [1.807, 2.05) is 10.8 Å². The standard InChI is InChI=1S/C11H19N3O/c1-2-12-9-3-5-10(6-4-9)14-8-7-13-11(14)15/h7-10,12H,2-6H2,1H3,(H,13,15). The Morgan fingerprint density at radius 1 is 1.47 bits per heavy atom. The molecule has 4 heteroatoms. The largest absolute Gasteiger partial charge is 0.325 e. The van der Waals surface area contributed by atoms with Gasteiger partial charge in [-0.25, -0.2) is 4.79 Å². The van der Waals surface area contributed by atoms with Crippen LogP contribution >= 0.6 is 0 Å². The third-order valence-corrected chi connectivity index (χ3v) is 3.26. The van der Waals surface area contributed by atoms with E-state index in [0.29, 0.717) is 12.1 Å². The summed E-state index contributed by atoms with van der Waals surface area (Å²) < 4.78 is 1.84. The van der Waals surface area contributed by atoms with Gasteiger partial charge in [-0.05, 0) is 32.2 Å². The van der Waals surface area contributed by atoms with Gasteiger partial charge < -0.3 is 10.3 Å². The number of H-pyrrole nitrogens is 1. The third kappa shape index (κ3) is 2.31. The van der Waals surface area contributed by atoms with Crippen molar-refractivity contribution >= 4 is 0 Å². The first kappa shape index (κ1) is 10.5. The van der Waals surface area contributed by atoms with Crippen LogP contribution in [0.2, 0.25) is 0 Å². The Hall–Kier alpha value is -1.03. The minimum absolute atomic E-state index is 0.0295. The maximum atomic E-state index is 11.4. The highest BCUT2D eigenvalue weighted by molar-refractivity contribution is 4.86. The van der Waals surface area contributed by atoms with E-state index in [2.05, 4.69) is 17.2 Å². The number of hydrogen-bond acceptors (Lipinski definition) is 2. The molecule has 1 fully saturated rings. The lowest BCUT2D eigenvalue weighted by Crippen LogP contribution is -2.35. The predicted octanol–water partition coefficient (Wildman–Crippen LogP) is 1.27. The molecule has 0 aliphatic heterocycles. The van der Waals surface area contributed by atoms with Crippen LogP contribution in [-0.4, -0.2) is 22.1 Å². The van der Waals surface area contributed by atoms with Crippen LogP contribution in [0.5, 0.6) is 0 Å². The molecule has 0 atom stereocenters. The van der Waals surface area contributed by atoms with Crippen molar-refractivity contribution in [2.45, 2.75) is 44.7 Å². The van der Waals surface area contributed by atoms with Crippen LogP contribution in [0, 0.1) is 0 Å². The van der Waals surface area contributed by atoms with Gasteiger partial charge in [-0.2, -0.15) is 0 Å². The lowest BCUT2D eigenvalue weighted by Gasteiger charge is -2.29. The van der Waals surface area contributed by atoms with E-state index in [-0.39, 0.29) is 5.69 Å². The van der Waals surface area contributed by atoms with Crippen LogP contribution in [0.25, 0.3) is 0 Å². The van der Waals surface area contributed by atoms with Crippen LogP contribution < -0.4 is 11.0 Å². The van der Waals surface area contributed by atoms with Gasteiger partial charge in [0.2, 0.25) is 0 Å². The number of hydrogen-bond donors (Lipinski definition) is 2. The van der Waals surface area contributed by atoms with Gasteiger partial charge in [-0.3, -0.25) is 4.57 Å². The molecule has 0 aromatic carbocycles. The van der Waals surface area contributed by atoms with Crippen molar-refractivity contribution in [2.75, 3.05) is 6.54 Å². The first-order valence-electron chi connectivity index (χ1n) is 5.80. The smallest absolute Gasteiger partial charge is 0.314 e. The summed E-state index contributed by atoms with van der Waals surface area (Å²) in [5.74, 6) is 0. The van der Waals surface area contributed by atoms with Gasteiger partial charge in [0.15, 0.2) is 0 Å². The molecular weight excluding hydrogens is 190 g/mol. The monoisotopic (exact) mass is 209 g/mol. The average molecular weight is 209 g/mol. The zero-order valence-corrected chi connectivity index (χ0v) is 9.20. The van der Waals surface area contributed by atoms with E-state index in [1.54, 1.807) is 6.20 Å². The second-order valence-corrected chi connectivity index (χ2v) is 4.24. The topological polar surface area (TPSA) is 49.8 Å². The number of aromatic amines is 1. The molecule has 1 aliphatic rings. The summed E-state index contributed by atoms with van der Waals surface area (Å²) in [6.45, 7) is 3.18. The van der Waals surface area contributed by atoms with Crippen molar-refractivity contribution in [3.8, 4) is 0 Å². The minimum atomic E-state index is 0.0295. The zero-order valence-electron chi connectivity index (χ0n) is 9.20. The van der Waals surface area contributed by atoms with Crippen molar-refractivity contribution in [3.63, 3.8) is 0 Å². The first-order valence-corrected chi connectivity index (χ1v) is 5.80. The van der Waals surface area contributed by atoms with Gasteiger partial charge in [0, 0.05) is 24.5 Å². The SMILES string of the molecule is CCNC1CCC(n2cc[nH]c2=O)CC1.